The van der Waals surface area contributed by atoms with Crippen LogP contribution in [0.3, 0.4) is 0 Å². The summed E-state index contributed by atoms with van der Waals surface area (Å²) in [5.41, 5.74) is -0.504. The number of rotatable bonds is 5. The minimum Gasteiger partial charge on any atom is -0.396 e. The van der Waals surface area contributed by atoms with Crippen molar-refractivity contribution in [2.75, 3.05) is 19.8 Å². The first kappa shape index (κ1) is 15.7. The lowest BCUT2D eigenvalue weighted by Crippen LogP contribution is -2.57. The molecule has 1 amide bonds. The molecule has 20 heavy (non-hydrogen) atoms. The molecule has 0 aromatic heterocycles. The molecule has 2 aliphatic rings. The Bertz CT molecular complexity index is 355. The van der Waals surface area contributed by atoms with E-state index in [1.807, 2.05) is 0 Å². The van der Waals surface area contributed by atoms with Crippen molar-refractivity contribution in [3.05, 3.63) is 0 Å². The molecule has 0 spiro atoms. The summed E-state index contributed by atoms with van der Waals surface area (Å²) in [5, 5.41) is 31.7. The average molecular weight is 287 g/mol. The minimum absolute atomic E-state index is 0.118. The van der Waals surface area contributed by atoms with Crippen molar-refractivity contribution in [1.29, 1.82) is 0 Å². The van der Waals surface area contributed by atoms with Crippen molar-refractivity contribution >= 4 is 5.91 Å². The van der Waals surface area contributed by atoms with Crippen LogP contribution in [0.15, 0.2) is 0 Å². The Kier molecular flexibility index (Phi) is 4.69. The molecule has 1 aliphatic heterocycles. The van der Waals surface area contributed by atoms with Crippen LogP contribution in [0.4, 0.5) is 0 Å². The summed E-state index contributed by atoms with van der Waals surface area (Å²) >= 11 is 0. The number of nitrogens with one attached hydrogen (secondary N) is 1. The van der Waals surface area contributed by atoms with Gasteiger partial charge in [-0.25, -0.2) is 0 Å². The van der Waals surface area contributed by atoms with Crippen molar-refractivity contribution in [3.63, 3.8) is 0 Å². The summed E-state index contributed by atoms with van der Waals surface area (Å²) in [4.78, 5) is 12.4. The maximum atomic E-state index is 12.4. The fraction of sp³-hybridized carbons (Fsp3) is 0.929. The summed E-state index contributed by atoms with van der Waals surface area (Å²) in [7, 11) is 0. The highest BCUT2D eigenvalue weighted by atomic mass is 16.5. The van der Waals surface area contributed by atoms with Gasteiger partial charge in [0.15, 0.2) is 0 Å². The molecule has 0 unspecified atom stereocenters. The Morgan fingerprint density at radius 1 is 1.35 bits per heavy atom. The third-order valence-electron chi connectivity index (χ3n) is 4.39. The molecule has 2 rings (SSSR count). The number of carbonyl (C=O) groups excluding carboxylic acids is 1. The van der Waals surface area contributed by atoms with Gasteiger partial charge in [-0.3, -0.25) is 4.79 Å². The molecular weight excluding hydrogens is 262 g/mol. The minimum atomic E-state index is -1.02. The van der Waals surface area contributed by atoms with Gasteiger partial charge < -0.3 is 25.4 Å². The van der Waals surface area contributed by atoms with E-state index in [9.17, 15) is 15.0 Å². The monoisotopic (exact) mass is 287 g/mol. The number of hydrogen-bond donors (Lipinski definition) is 4. The fourth-order valence-corrected chi connectivity index (χ4v) is 3.24. The highest BCUT2D eigenvalue weighted by Crippen LogP contribution is 2.36. The van der Waals surface area contributed by atoms with Gasteiger partial charge in [0.2, 0.25) is 5.91 Å². The smallest absolute Gasteiger partial charge is 0.231 e. The molecule has 0 aromatic rings. The van der Waals surface area contributed by atoms with Gasteiger partial charge in [-0.2, -0.15) is 0 Å². The molecule has 4 N–H and O–H groups in total. The highest BCUT2D eigenvalue weighted by molar-refractivity contribution is 5.84. The van der Waals surface area contributed by atoms with E-state index in [0.29, 0.717) is 25.6 Å². The molecule has 116 valence electrons. The first-order valence-corrected chi connectivity index (χ1v) is 7.25. The van der Waals surface area contributed by atoms with E-state index in [-0.39, 0.29) is 18.4 Å². The van der Waals surface area contributed by atoms with E-state index < -0.39 is 23.7 Å². The summed E-state index contributed by atoms with van der Waals surface area (Å²) < 4.78 is 5.20. The zero-order valence-electron chi connectivity index (χ0n) is 12.1. The normalized spacial score (nSPS) is 35.9. The third kappa shape index (κ3) is 2.83. The van der Waals surface area contributed by atoms with Crippen LogP contribution in [0, 0.1) is 17.3 Å². The Balaban J connectivity index is 1.97. The maximum absolute atomic E-state index is 12.4. The van der Waals surface area contributed by atoms with Crippen molar-refractivity contribution in [1.82, 2.24) is 5.32 Å². The van der Waals surface area contributed by atoms with Crippen LogP contribution < -0.4 is 5.32 Å². The fourth-order valence-electron chi connectivity index (χ4n) is 3.24. The largest absolute Gasteiger partial charge is 0.396 e. The van der Waals surface area contributed by atoms with Crippen molar-refractivity contribution in [3.8, 4) is 0 Å². The van der Waals surface area contributed by atoms with Crippen LogP contribution in [0.25, 0.3) is 0 Å². The first-order chi connectivity index (χ1) is 9.39. The van der Waals surface area contributed by atoms with Gasteiger partial charge in [-0.1, -0.05) is 13.8 Å². The van der Waals surface area contributed by atoms with Gasteiger partial charge in [0.05, 0.1) is 30.8 Å². The van der Waals surface area contributed by atoms with E-state index in [4.69, 9.17) is 9.84 Å². The Morgan fingerprint density at radius 2 is 2.00 bits per heavy atom. The second kappa shape index (κ2) is 5.97. The standard InChI is InChI=1S/C14H25NO5/c1-8(2)4-14(6-20-7-14)13(19)15-10-3-9(5-16)11(17)12(10)18/h8-12,16-18H,3-7H2,1-2H3,(H,15,19)/t9-,10-,11-,12+/m1/s1. The van der Waals surface area contributed by atoms with Crippen molar-refractivity contribution < 1.29 is 24.9 Å². The molecular formula is C14H25NO5. The van der Waals surface area contributed by atoms with Crippen LogP contribution >= 0.6 is 0 Å². The number of ether oxygens (including phenoxy) is 1. The van der Waals surface area contributed by atoms with Crippen LogP contribution in [0.1, 0.15) is 26.7 Å². The number of carbonyl (C=O) groups is 1. The summed E-state index contributed by atoms with van der Waals surface area (Å²) in [6.45, 7) is 4.75. The van der Waals surface area contributed by atoms with Gasteiger partial charge in [0.1, 0.15) is 6.10 Å². The predicted octanol–water partition coefficient (Wildman–Crippen LogP) is -0.732. The van der Waals surface area contributed by atoms with Crippen LogP contribution in [0.2, 0.25) is 0 Å². The van der Waals surface area contributed by atoms with E-state index >= 15 is 0 Å². The SMILES string of the molecule is CC(C)CC1(C(=O)N[C@@H]2C[C@H](CO)[C@@H](O)[C@H]2O)COC1. The zero-order valence-corrected chi connectivity index (χ0v) is 12.1. The van der Waals surface area contributed by atoms with Gasteiger partial charge in [-0.05, 0) is 18.8 Å². The molecule has 2 fully saturated rings. The van der Waals surface area contributed by atoms with Crippen LogP contribution in [0.5, 0.6) is 0 Å². The number of amides is 1. The molecule has 1 aliphatic carbocycles. The maximum Gasteiger partial charge on any atom is 0.231 e. The van der Waals surface area contributed by atoms with Gasteiger partial charge in [-0.15, -0.1) is 0 Å². The van der Waals surface area contributed by atoms with E-state index in [1.165, 1.54) is 0 Å². The summed E-state index contributed by atoms with van der Waals surface area (Å²) in [6, 6.07) is -0.501. The number of aliphatic hydroxyl groups is 3. The molecule has 0 bridgehead atoms. The topological polar surface area (TPSA) is 99.0 Å². The number of hydrogen-bond acceptors (Lipinski definition) is 5. The Morgan fingerprint density at radius 3 is 2.40 bits per heavy atom. The molecule has 0 radical (unpaired) electrons. The molecule has 1 saturated carbocycles. The van der Waals surface area contributed by atoms with Gasteiger partial charge >= 0.3 is 0 Å². The highest BCUT2D eigenvalue weighted by Gasteiger charge is 2.49. The van der Waals surface area contributed by atoms with Crippen molar-refractivity contribution in [2.45, 2.75) is 44.9 Å². The average Bonchev–Trinajstić information content (AvgIpc) is 2.61. The van der Waals surface area contributed by atoms with Gasteiger partial charge in [0.25, 0.3) is 0 Å². The Labute approximate surface area is 119 Å². The molecule has 6 nitrogen and oxygen atoms in total. The quantitative estimate of drug-likeness (QED) is 0.534. The second-order valence-corrected chi connectivity index (χ2v) is 6.61. The van der Waals surface area contributed by atoms with E-state index in [1.54, 1.807) is 0 Å². The summed E-state index contributed by atoms with van der Waals surface area (Å²) in [5.74, 6) is -0.116. The number of aliphatic hydroxyl groups excluding tert-OH is 3. The lowest BCUT2D eigenvalue weighted by molar-refractivity contribution is -0.166. The van der Waals surface area contributed by atoms with Crippen LogP contribution in [-0.4, -0.2) is 59.3 Å². The second-order valence-electron chi connectivity index (χ2n) is 6.61. The lowest BCUT2D eigenvalue weighted by atomic mass is 9.77. The zero-order chi connectivity index (χ0) is 14.9. The molecule has 4 atom stereocenters. The molecule has 6 heteroatoms. The molecule has 1 heterocycles. The van der Waals surface area contributed by atoms with Crippen LogP contribution in [-0.2, 0) is 9.53 Å². The van der Waals surface area contributed by atoms with E-state index in [0.717, 1.165) is 6.42 Å². The lowest BCUT2D eigenvalue weighted by Gasteiger charge is -2.41. The summed E-state index contributed by atoms with van der Waals surface area (Å²) in [6.07, 6.45) is -0.867. The third-order valence-corrected chi connectivity index (χ3v) is 4.39. The predicted molar refractivity (Wildman–Crippen MR) is 71.8 cm³/mol. The van der Waals surface area contributed by atoms with Gasteiger partial charge in [0, 0.05) is 12.5 Å². The Hall–Kier alpha value is -0.690. The first-order valence-electron chi connectivity index (χ1n) is 7.25. The molecule has 1 saturated heterocycles. The van der Waals surface area contributed by atoms with E-state index in [2.05, 4.69) is 19.2 Å². The van der Waals surface area contributed by atoms with Crippen molar-refractivity contribution in [2.24, 2.45) is 17.3 Å². The molecule has 0 aromatic carbocycles.